The molecule has 0 spiro atoms. The van der Waals surface area contributed by atoms with Crippen LogP contribution < -0.4 is 21.3 Å². The van der Waals surface area contributed by atoms with Gasteiger partial charge in [-0.15, -0.1) is 0 Å². The smallest absolute Gasteiger partial charge is 0.274 e. The predicted octanol–water partition coefficient (Wildman–Crippen LogP) is 7.20. The molecular formula is C38H43N7O3. The fraction of sp³-hybridized carbons (Fsp3) is 0.342. The molecular weight excluding hydrogens is 602 g/mol. The first-order valence-corrected chi connectivity index (χ1v) is 17.0. The summed E-state index contributed by atoms with van der Waals surface area (Å²) in [6.45, 7) is 0.660. The van der Waals surface area contributed by atoms with E-state index in [0.717, 1.165) is 11.8 Å². The van der Waals surface area contributed by atoms with Gasteiger partial charge in [-0.25, -0.2) is 4.98 Å². The lowest BCUT2D eigenvalue weighted by molar-refractivity contribution is -0.111. The van der Waals surface area contributed by atoms with Gasteiger partial charge in [-0.3, -0.25) is 19.5 Å². The van der Waals surface area contributed by atoms with Crippen molar-refractivity contribution < 1.29 is 14.4 Å². The molecule has 0 saturated heterocycles. The van der Waals surface area contributed by atoms with Gasteiger partial charge in [-0.2, -0.15) is 5.10 Å². The average Bonchev–Trinajstić information content (AvgIpc) is 3.80. The van der Waals surface area contributed by atoms with Crippen molar-refractivity contribution in [3.8, 4) is 11.4 Å². The number of amides is 3. The summed E-state index contributed by atoms with van der Waals surface area (Å²) in [5.74, 6) is 0.940. The maximum atomic E-state index is 13.0. The molecule has 0 radical (unpaired) electrons. The Hall–Kier alpha value is -5.09. The number of anilines is 3. The largest absolute Gasteiger partial charge is 0.322 e. The summed E-state index contributed by atoms with van der Waals surface area (Å²) >= 11 is 0. The van der Waals surface area contributed by atoms with Crippen LogP contribution >= 0.6 is 0 Å². The molecule has 2 aromatic carbocycles. The van der Waals surface area contributed by atoms with Crippen molar-refractivity contribution >= 4 is 34.8 Å². The Balaban J connectivity index is 0.943. The molecule has 2 heterocycles. The zero-order valence-corrected chi connectivity index (χ0v) is 27.1. The van der Waals surface area contributed by atoms with E-state index in [1.54, 1.807) is 85.1 Å². The molecule has 2 fully saturated rings. The molecule has 6 rings (SSSR count). The lowest BCUT2D eigenvalue weighted by atomic mass is 9.85. The number of carbonyl (C=O) groups excluding carboxylic acids is 3. The van der Waals surface area contributed by atoms with Crippen molar-refractivity contribution in [2.45, 2.75) is 63.8 Å². The molecule has 2 atom stereocenters. The second-order valence-corrected chi connectivity index (χ2v) is 12.8. The minimum absolute atomic E-state index is 0.239. The van der Waals surface area contributed by atoms with Crippen LogP contribution in [0.3, 0.4) is 0 Å². The lowest BCUT2D eigenvalue weighted by Crippen LogP contribution is -2.28. The molecule has 4 aromatic rings. The predicted molar refractivity (Wildman–Crippen MR) is 189 cm³/mol. The summed E-state index contributed by atoms with van der Waals surface area (Å²) < 4.78 is 0. The summed E-state index contributed by atoms with van der Waals surface area (Å²) in [5.41, 5.74) is 3.66. The van der Waals surface area contributed by atoms with Gasteiger partial charge in [0.05, 0.1) is 11.4 Å². The van der Waals surface area contributed by atoms with Crippen LogP contribution in [-0.4, -0.2) is 45.5 Å². The number of hydrogen-bond donors (Lipinski definition) is 5. The van der Waals surface area contributed by atoms with Crippen LogP contribution in [0.2, 0.25) is 0 Å². The van der Waals surface area contributed by atoms with Gasteiger partial charge >= 0.3 is 0 Å². The molecule has 248 valence electrons. The Morgan fingerprint density at radius 2 is 1.46 bits per heavy atom. The van der Waals surface area contributed by atoms with Crippen LogP contribution in [0.25, 0.3) is 11.4 Å². The zero-order valence-electron chi connectivity index (χ0n) is 27.1. The maximum absolute atomic E-state index is 13.0. The number of H-pyrrole nitrogens is 1. The Morgan fingerprint density at radius 1 is 0.729 bits per heavy atom. The highest BCUT2D eigenvalue weighted by molar-refractivity contribution is 6.06. The topological polar surface area (TPSA) is 141 Å². The number of pyridine rings is 1. The molecule has 3 amide bonds. The molecule has 5 N–H and O–H groups in total. The number of nitrogens with zero attached hydrogens (tertiary/aromatic N) is 2. The maximum Gasteiger partial charge on any atom is 0.274 e. The van der Waals surface area contributed by atoms with Crippen LogP contribution in [-0.2, 0) is 4.79 Å². The third kappa shape index (κ3) is 9.04. The van der Waals surface area contributed by atoms with Gasteiger partial charge in [-0.05, 0) is 91.8 Å². The molecule has 0 bridgehead atoms. The minimum Gasteiger partial charge on any atom is -0.322 e. The summed E-state index contributed by atoms with van der Waals surface area (Å²) in [6, 6.07) is 21.1. The summed E-state index contributed by atoms with van der Waals surface area (Å²) in [5, 5.41) is 18.9. The van der Waals surface area contributed by atoms with Crippen molar-refractivity contribution in [2.24, 2.45) is 11.8 Å². The highest BCUT2D eigenvalue weighted by atomic mass is 16.2. The van der Waals surface area contributed by atoms with Crippen LogP contribution in [0.15, 0.2) is 91.1 Å². The van der Waals surface area contributed by atoms with Crippen LogP contribution in [0.1, 0.15) is 78.6 Å². The van der Waals surface area contributed by atoms with Crippen molar-refractivity contribution in [3.05, 3.63) is 102 Å². The van der Waals surface area contributed by atoms with Crippen molar-refractivity contribution in [1.29, 1.82) is 0 Å². The Bertz CT molecular complexity index is 1710. The van der Waals surface area contributed by atoms with Gasteiger partial charge in [0, 0.05) is 47.5 Å². The minimum atomic E-state index is -0.356. The van der Waals surface area contributed by atoms with E-state index in [1.807, 2.05) is 6.08 Å². The number of aromatic amines is 1. The van der Waals surface area contributed by atoms with E-state index < -0.39 is 0 Å². The van der Waals surface area contributed by atoms with Crippen molar-refractivity contribution in [2.75, 3.05) is 22.5 Å². The first-order valence-electron chi connectivity index (χ1n) is 17.0. The van der Waals surface area contributed by atoms with Crippen LogP contribution in [0.4, 0.5) is 17.1 Å². The number of rotatable bonds is 11. The van der Waals surface area contributed by atoms with Gasteiger partial charge in [0.1, 0.15) is 5.69 Å². The van der Waals surface area contributed by atoms with Crippen molar-refractivity contribution in [1.82, 2.24) is 20.5 Å². The van der Waals surface area contributed by atoms with Gasteiger partial charge < -0.3 is 21.3 Å². The van der Waals surface area contributed by atoms with Gasteiger partial charge in [0.25, 0.3) is 11.8 Å². The van der Waals surface area contributed by atoms with Gasteiger partial charge in [0.2, 0.25) is 5.91 Å². The third-order valence-electron chi connectivity index (χ3n) is 9.42. The fourth-order valence-corrected chi connectivity index (χ4v) is 6.90. The summed E-state index contributed by atoms with van der Waals surface area (Å²) in [4.78, 5) is 42.8. The van der Waals surface area contributed by atoms with E-state index in [2.05, 4.69) is 36.4 Å². The monoisotopic (exact) mass is 645 g/mol. The first kappa shape index (κ1) is 32.8. The Kier molecular flexibility index (Phi) is 11.0. The van der Waals surface area contributed by atoms with E-state index >= 15 is 0 Å². The molecule has 2 saturated carbocycles. The van der Waals surface area contributed by atoms with E-state index in [1.165, 1.54) is 57.8 Å². The number of carbonyl (C=O) groups is 3. The summed E-state index contributed by atoms with van der Waals surface area (Å²) in [6.07, 6.45) is 17.1. The van der Waals surface area contributed by atoms with E-state index in [0.29, 0.717) is 46.6 Å². The number of hydrogen-bond acceptors (Lipinski definition) is 6. The highest BCUT2D eigenvalue weighted by Crippen LogP contribution is 2.38. The number of benzene rings is 2. The normalized spacial score (nSPS) is 18.3. The quantitative estimate of drug-likeness (QED) is 0.0863. The molecule has 2 aromatic heterocycles. The van der Waals surface area contributed by atoms with Gasteiger partial charge in [-0.1, -0.05) is 56.7 Å². The average molecular weight is 646 g/mol. The second kappa shape index (κ2) is 16.1. The lowest BCUT2D eigenvalue weighted by Gasteiger charge is -2.21. The number of nitrogens with one attached hydrogen (secondary N) is 5. The molecule has 10 nitrogen and oxygen atoms in total. The van der Waals surface area contributed by atoms with E-state index in [4.69, 9.17) is 0 Å². The Morgan fingerprint density at radius 3 is 2.23 bits per heavy atom. The SMILES string of the molecule is O=C(/C=C/CNC1CCCC(C2CCCC2)CC1)Nc1cccc(C(=O)Nc2ccc(NC(=O)c3cccc(-c4ccn[nH]4)n3)cc2)c1. The first-order chi connectivity index (χ1) is 23.5. The highest BCUT2D eigenvalue weighted by Gasteiger charge is 2.27. The molecule has 48 heavy (non-hydrogen) atoms. The summed E-state index contributed by atoms with van der Waals surface area (Å²) in [7, 11) is 0. The number of aromatic nitrogens is 3. The Labute approximate surface area is 281 Å². The molecule has 2 unspecified atom stereocenters. The molecule has 2 aliphatic rings. The van der Waals surface area contributed by atoms with Crippen LogP contribution in [0, 0.1) is 11.8 Å². The van der Waals surface area contributed by atoms with E-state index in [9.17, 15) is 14.4 Å². The fourth-order valence-electron chi connectivity index (χ4n) is 6.90. The standard InChI is InChI=1S/C38H43N7O3/c46-36(15-6-23-39-29-11-3-9-27(16-17-29)26-7-1-2-8-26)41-32-12-4-10-28(25-32)37(47)42-30-18-20-31(21-19-30)43-38(48)35-14-5-13-33(44-35)34-22-24-40-45-34/h4-6,10,12-15,18-22,24-27,29,39H,1-3,7-9,11,16-17,23H2,(H,40,45)(H,41,46)(H,42,47)(H,43,48)/b15-6+. The second-order valence-electron chi connectivity index (χ2n) is 12.8. The molecule has 2 aliphatic carbocycles. The van der Waals surface area contributed by atoms with E-state index in [-0.39, 0.29) is 23.4 Å². The van der Waals surface area contributed by atoms with Gasteiger partial charge in [0.15, 0.2) is 0 Å². The molecule has 0 aliphatic heterocycles. The van der Waals surface area contributed by atoms with Crippen LogP contribution in [0.5, 0.6) is 0 Å². The third-order valence-corrected chi connectivity index (χ3v) is 9.42. The molecule has 10 heteroatoms. The van der Waals surface area contributed by atoms with Crippen molar-refractivity contribution in [3.63, 3.8) is 0 Å². The zero-order chi connectivity index (χ0) is 33.1.